The maximum atomic E-state index is 10.2. The summed E-state index contributed by atoms with van der Waals surface area (Å²) in [5, 5.41) is 14.2. The van der Waals surface area contributed by atoms with Crippen molar-refractivity contribution in [3.05, 3.63) is 23.3 Å². The molecule has 4 heteroatoms. The summed E-state index contributed by atoms with van der Waals surface area (Å²) >= 11 is 0. The Kier molecular flexibility index (Phi) is 5.96. The number of nitrogens with zero attached hydrogens (tertiary/aromatic N) is 1. The molecule has 29 heavy (non-hydrogen) atoms. The van der Waals surface area contributed by atoms with Crippen LogP contribution in [-0.2, 0) is 4.84 Å². The van der Waals surface area contributed by atoms with Gasteiger partial charge >= 0.3 is 0 Å². The van der Waals surface area contributed by atoms with Crippen LogP contribution >= 0.6 is 0 Å². The second-order valence-corrected chi connectivity index (χ2v) is 10.7. The van der Waals surface area contributed by atoms with Crippen LogP contribution in [0.4, 0.5) is 0 Å². The minimum absolute atomic E-state index is 0.112. The number of rotatable bonds is 5. The normalized spacial score (nSPS) is 44.8. The number of aliphatic hydroxyl groups excluding tert-OH is 1. The van der Waals surface area contributed by atoms with Gasteiger partial charge in [0.05, 0.1) is 12.3 Å². The third-order valence-corrected chi connectivity index (χ3v) is 9.16. The minimum Gasteiger partial charge on any atom is -0.394 e. The summed E-state index contributed by atoms with van der Waals surface area (Å²) in [4.78, 5) is 5.17. The van der Waals surface area contributed by atoms with Crippen molar-refractivity contribution in [1.29, 1.82) is 0 Å². The number of aliphatic hydroxyl groups is 1. The first kappa shape index (κ1) is 21.1. The van der Waals surface area contributed by atoms with Crippen LogP contribution in [0.3, 0.4) is 0 Å². The Morgan fingerprint density at radius 2 is 2.07 bits per heavy atom. The lowest BCUT2D eigenvalue weighted by atomic mass is 9.47. The molecule has 0 aliphatic heterocycles. The molecule has 0 aromatic rings. The first-order valence-electron chi connectivity index (χ1n) is 11.8. The lowest BCUT2D eigenvalue weighted by Gasteiger charge is -2.58. The standard InChI is InChI=1S/C25H40N2O2/c1-17(16-27-29-13-12-26)14-18-5-7-22-21-6-4-19-15-20(28)8-10-24(19,2)23(21)9-11-25(18,22)3/h4,14,16,18,20-23,28H,5-13,15,26H2,1-3H3/b17-14+,27-16+/t18-,20+,21+,22+,23+,24+,25-/m1/s1. The Bertz CT molecular complexity index is 699. The van der Waals surface area contributed by atoms with Crippen molar-refractivity contribution < 1.29 is 9.94 Å². The van der Waals surface area contributed by atoms with Crippen LogP contribution in [0.15, 0.2) is 28.5 Å². The molecule has 0 aromatic carbocycles. The Morgan fingerprint density at radius 3 is 2.86 bits per heavy atom. The molecular weight excluding hydrogens is 360 g/mol. The Balaban J connectivity index is 1.51. The SMILES string of the molecule is CC(/C=N/OCCN)=C\[C@H]1CC[C@H]2[C@@H]3CC=C4C[C@@H](O)CC[C@]4(C)[C@H]3CC[C@]12C. The van der Waals surface area contributed by atoms with E-state index in [1.807, 2.05) is 6.21 Å². The van der Waals surface area contributed by atoms with Gasteiger partial charge in [-0.1, -0.05) is 36.7 Å². The van der Waals surface area contributed by atoms with Crippen molar-refractivity contribution in [2.45, 2.75) is 78.2 Å². The second-order valence-electron chi connectivity index (χ2n) is 10.7. The smallest absolute Gasteiger partial charge is 0.129 e. The molecule has 7 atom stereocenters. The third-order valence-electron chi connectivity index (χ3n) is 9.16. The maximum absolute atomic E-state index is 10.2. The predicted octanol–water partition coefficient (Wildman–Crippen LogP) is 4.83. The molecule has 0 radical (unpaired) electrons. The second kappa shape index (κ2) is 8.19. The quantitative estimate of drug-likeness (QED) is 0.300. The van der Waals surface area contributed by atoms with E-state index in [0.29, 0.717) is 29.9 Å². The third kappa shape index (κ3) is 3.72. The number of hydrogen-bond donors (Lipinski definition) is 2. The molecule has 162 valence electrons. The van der Waals surface area contributed by atoms with Crippen LogP contribution in [0.1, 0.15) is 72.1 Å². The fraction of sp³-hybridized carbons (Fsp3) is 0.800. The van der Waals surface area contributed by atoms with Crippen molar-refractivity contribution >= 4 is 6.21 Å². The van der Waals surface area contributed by atoms with Gasteiger partial charge in [-0.25, -0.2) is 0 Å². The van der Waals surface area contributed by atoms with Gasteiger partial charge in [0.2, 0.25) is 0 Å². The highest BCUT2D eigenvalue weighted by Gasteiger charge is 2.58. The Labute approximate surface area is 176 Å². The summed E-state index contributed by atoms with van der Waals surface area (Å²) in [5.74, 6) is 3.09. The summed E-state index contributed by atoms with van der Waals surface area (Å²) in [6.45, 7) is 8.18. The summed E-state index contributed by atoms with van der Waals surface area (Å²) in [6, 6.07) is 0. The molecule has 4 aliphatic rings. The molecule has 4 nitrogen and oxygen atoms in total. The average Bonchev–Trinajstić information content (AvgIpc) is 3.02. The van der Waals surface area contributed by atoms with Crippen LogP contribution in [0.2, 0.25) is 0 Å². The molecule has 3 saturated carbocycles. The summed E-state index contributed by atoms with van der Waals surface area (Å²) in [7, 11) is 0. The molecule has 0 aromatic heterocycles. The fourth-order valence-electron chi connectivity index (χ4n) is 7.54. The molecule has 4 aliphatic carbocycles. The zero-order valence-corrected chi connectivity index (χ0v) is 18.6. The van der Waals surface area contributed by atoms with E-state index in [-0.39, 0.29) is 6.10 Å². The van der Waals surface area contributed by atoms with E-state index in [9.17, 15) is 5.11 Å². The Morgan fingerprint density at radius 1 is 1.24 bits per heavy atom. The van der Waals surface area contributed by atoms with E-state index in [0.717, 1.165) is 30.6 Å². The van der Waals surface area contributed by atoms with Crippen molar-refractivity contribution in [2.24, 2.45) is 45.4 Å². The molecule has 0 heterocycles. The van der Waals surface area contributed by atoms with Crippen LogP contribution in [0.25, 0.3) is 0 Å². The monoisotopic (exact) mass is 400 g/mol. The zero-order chi connectivity index (χ0) is 20.6. The number of allylic oxidation sites excluding steroid dienone is 3. The van der Waals surface area contributed by atoms with Crippen LogP contribution in [-0.4, -0.2) is 30.6 Å². The Hall–Kier alpha value is -1.13. The first-order valence-corrected chi connectivity index (χ1v) is 11.8. The van der Waals surface area contributed by atoms with Crippen LogP contribution in [0.5, 0.6) is 0 Å². The van der Waals surface area contributed by atoms with Gasteiger partial charge in [0, 0.05) is 6.54 Å². The predicted molar refractivity (Wildman–Crippen MR) is 118 cm³/mol. The summed E-state index contributed by atoms with van der Waals surface area (Å²) in [5.41, 5.74) is 8.96. The lowest BCUT2D eigenvalue weighted by molar-refractivity contribution is -0.0442. The molecule has 0 bridgehead atoms. The molecule has 0 amide bonds. The minimum atomic E-state index is -0.112. The van der Waals surface area contributed by atoms with E-state index >= 15 is 0 Å². The van der Waals surface area contributed by atoms with Gasteiger partial charge in [-0.3, -0.25) is 0 Å². The number of hydrogen-bond acceptors (Lipinski definition) is 4. The van der Waals surface area contributed by atoms with E-state index in [1.165, 1.54) is 44.1 Å². The van der Waals surface area contributed by atoms with Crippen molar-refractivity contribution in [2.75, 3.05) is 13.2 Å². The highest BCUT2D eigenvalue weighted by Crippen LogP contribution is 2.66. The van der Waals surface area contributed by atoms with E-state index in [2.05, 4.69) is 38.1 Å². The molecule has 0 spiro atoms. The molecule has 4 rings (SSSR count). The number of nitrogens with two attached hydrogens (primary N) is 1. The van der Waals surface area contributed by atoms with E-state index in [4.69, 9.17) is 10.6 Å². The molecule has 3 N–H and O–H groups in total. The largest absolute Gasteiger partial charge is 0.394 e. The van der Waals surface area contributed by atoms with E-state index < -0.39 is 0 Å². The van der Waals surface area contributed by atoms with Crippen molar-refractivity contribution in [1.82, 2.24) is 0 Å². The van der Waals surface area contributed by atoms with Gasteiger partial charge in [0.1, 0.15) is 6.61 Å². The zero-order valence-electron chi connectivity index (χ0n) is 18.6. The van der Waals surface area contributed by atoms with Crippen LogP contribution < -0.4 is 5.73 Å². The van der Waals surface area contributed by atoms with E-state index in [1.54, 1.807) is 5.57 Å². The average molecular weight is 401 g/mol. The van der Waals surface area contributed by atoms with Crippen LogP contribution in [0, 0.1) is 34.5 Å². The number of oxime groups is 1. The van der Waals surface area contributed by atoms with Gasteiger partial charge in [-0.05, 0) is 98.4 Å². The fourth-order valence-corrected chi connectivity index (χ4v) is 7.54. The van der Waals surface area contributed by atoms with Gasteiger partial charge in [0.25, 0.3) is 0 Å². The highest BCUT2D eigenvalue weighted by atomic mass is 16.6. The van der Waals surface area contributed by atoms with Crippen molar-refractivity contribution in [3.63, 3.8) is 0 Å². The van der Waals surface area contributed by atoms with Gasteiger partial charge < -0.3 is 15.7 Å². The molecule has 0 unspecified atom stereocenters. The van der Waals surface area contributed by atoms with Crippen molar-refractivity contribution in [3.8, 4) is 0 Å². The maximum Gasteiger partial charge on any atom is 0.129 e. The summed E-state index contributed by atoms with van der Waals surface area (Å²) < 4.78 is 0. The topological polar surface area (TPSA) is 67.8 Å². The van der Waals surface area contributed by atoms with Gasteiger partial charge in [-0.15, -0.1) is 0 Å². The summed E-state index contributed by atoms with van der Waals surface area (Å²) in [6.07, 6.45) is 16.4. The molecule has 3 fully saturated rings. The number of fused-ring (bicyclic) bond motifs is 5. The molecular formula is C25H40N2O2. The van der Waals surface area contributed by atoms with Gasteiger partial charge in [-0.2, -0.15) is 0 Å². The first-order chi connectivity index (χ1) is 13.9. The highest BCUT2D eigenvalue weighted by molar-refractivity contribution is 5.77. The van der Waals surface area contributed by atoms with Gasteiger partial charge in [0.15, 0.2) is 0 Å². The lowest BCUT2D eigenvalue weighted by Crippen LogP contribution is -2.50. The molecule has 0 saturated heterocycles.